The predicted molar refractivity (Wildman–Crippen MR) is 142 cm³/mol. The second-order valence-electron chi connectivity index (χ2n) is 8.65. The monoisotopic (exact) mass is 570 g/mol. The second kappa shape index (κ2) is 12.3. The fourth-order valence-electron chi connectivity index (χ4n) is 3.90. The third-order valence-electron chi connectivity index (χ3n) is 5.82. The lowest BCUT2D eigenvalue weighted by atomic mass is 10.0. The molecule has 3 aromatic carbocycles. The Labute approximate surface area is 229 Å². The molecule has 0 saturated carbocycles. The maximum Gasteiger partial charge on any atom is 0.573 e. The zero-order chi connectivity index (χ0) is 28.8. The summed E-state index contributed by atoms with van der Waals surface area (Å²) in [6.07, 6.45) is -1.77. The smallest absolute Gasteiger partial charge is 0.462 e. The van der Waals surface area contributed by atoms with Gasteiger partial charge in [0.2, 0.25) is 10.0 Å². The summed E-state index contributed by atoms with van der Waals surface area (Å²) >= 11 is 0. The summed E-state index contributed by atoms with van der Waals surface area (Å²) in [6, 6.07) is 21.7. The number of aromatic nitrogens is 1. The molecule has 0 fully saturated rings. The third-order valence-corrected chi connectivity index (χ3v) is 7.62. The van der Waals surface area contributed by atoms with Crippen molar-refractivity contribution in [2.45, 2.75) is 31.3 Å². The molecular formula is C29H25F3N2O5S. The number of halogens is 3. The van der Waals surface area contributed by atoms with Gasteiger partial charge in [0.1, 0.15) is 5.75 Å². The van der Waals surface area contributed by atoms with E-state index in [1.165, 1.54) is 4.31 Å². The number of hydrogen-bond acceptors (Lipinski definition) is 6. The first-order valence-corrected chi connectivity index (χ1v) is 13.6. The highest BCUT2D eigenvalue weighted by atomic mass is 32.2. The Kier molecular flexibility index (Phi) is 8.86. The van der Waals surface area contributed by atoms with Gasteiger partial charge in [-0.3, -0.25) is 4.98 Å². The number of nitrogens with zero attached hydrogens (tertiary/aromatic N) is 2. The Balaban J connectivity index is 1.56. The van der Waals surface area contributed by atoms with Crippen molar-refractivity contribution >= 4 is 16.0 Å². The van der Waals surface area contributed by atoms with Crippen LogP contribution in [0, 0.1) is 0 Å². The van der Waals surface area contributed by atoms with Crippen LogP contribution < -0.4 is 4.74 Å². The molecule has 208 valence electrons. The van der Waals surface area contributed by atoms with Crippen LogP contribution in [0.3, 0.4) is 0 Å². The lowest BCUT2D eigenvalue weighted by Crippen LogP contribution is -2.30. The minimum Gasteiger partial charge on any atom is -0.462 e. The molecule has 4 aromatic rings. The van der Waals surface area contributed by atoms with Crippen LogP contribution in [0.2, 0.25) is 0 Å². The predicted octanol–water partition coefficient (Wildman–Crippen LogP) is 6.22. The number of esters is 1. The van der Waals surface area contributed by atoms with Crippen LogP contribution in [0.25, 0.3) is 11.1 Å². The highest BCUT2D eigenvalue weighted by Crippen LogP contribution is 2.27. The molecule has 0 aliphatic heterocycles. The highest BCUT2D eigenvalue weighted by Gasteiger charge is 2.31. The van der Waals surface area contributed by atoms with E-state index >= 15 is 0 Å². The summed E-state index contributed by atoms with van der Waals surface area (Å²) in [4.78, 5) is 15.8. The maximum atomic E-state index is 13.6. The molecule has 11 heteroatoms. The van der Waals surface area contributed by atoms with Crippen molar-refractivity contribution in [1.29, 1.82) is 0 Å². The van der Waals surface area contributed by atoms with Crippen molar-refractivity contribution in [3.05, 3.63) is 114 Å². The number of hydrogen-bond donors (Lipinski definition) is 0. The average molecular weight is 571 g/mol. The maximum absolute atomic E-state index is 13.6. The van der Waals surface area contributed by atoms with E-state index < -0.39 is 28.1 Å². The summed E-state index contributed by atoms with van der Waals surface area (Å²) in [6.45, 7) is 2.02. The normalized spacial score (nSPS) is 11.8. The third kappa shape index (κ3) is 7.45. The molecule has 4 rings (SSSR count). The first-order chi connectivity index (χ1) is 19.0. The Morgan fingerprint density at radius 1 is 0.850 bits per heavy atom. The van der Waals surface area contributed by atoms with Crippen LogP contribution >= 0.6 is 0 Å². The van der Waals surface area contributed by atoms with Crippen LogP contribution in [0.4, 0.5) is 13.2 Å². The van der Waals surface area contributed by atoms with Crippen LogP contribution in [-0.4, -0.2) is 36.6 Å². The molecule has 1 aromatic heterocycles. The first kappa shape index (κ1) is 28.8. The van der Waals surface area contributed by atoms with E-state index in [9.17, 15) is 26.4 Å². The molecule has 1 heterocycles. The summed E-state index contributed by atoms with van der Waals surface area (Å²) in [5, 5.41) is 0. The zero-order valence-electron chi connectivity index (χ0n) is 21.3. The summed E-state index contributed by atoms with van der Waals surface area (Å²) in [5.41, 5.74) is 3.50. The molecule has 0 atom stereocenters. The van der Waals surface area contributed by atoms with Crippen LogP contribution in [0.15, 0.2) is 102 Å². The highest BCUT2D eigenvalue weighted by molar-refractivity contribution is 7.89. The summed E-state index contributed by atoms with van der Waals surface area (Å²) in [7, 11) is -4.11. The van der Waals surface area contributed by atoms with Crippen molar-refractivity contribution in [3.8, 4) is 16.9 Å². The Morgan fingerprint density at radius 3 is 2.00 bits per heavy atom. The van der Waals surface area contributed by atoms with Crippen molar-refractivity contribution in [3.63, 3.8) is 0 Å². The lowest BCUT2D eigenvalue weighted by Gasteiger charge is -2.23. The number of rotatable bonds is 10. The number of carbonyl (C=O) groups is 1. The Bertz CT molecular complexity index is 1530. The van der Waals surface area contributed by atoms with Crippen LogP contribution in [0.5, 0.6) is 5.75 Å². The molecule has 0 amide bonds. The molecule has 0 saturated heterocycles. The van der Waals surface area contributed by atoms with Gasteiger partial charge in [0.25, 0.3) is 0 Å². The van der Waals surface area contributed by atoms with Gasteiger partial charge in [-0.15, -0.1) is 13.2 Å². The van der Waals surface area contributed by atoms with Crippen molar-refractivity contribution in [2.24, 2.45) is 0 Å². The number of ether oxygens (including phenoxy) is 2. The Morgan fingerprint density at radius 2 is 1.45 bits per heavy atom. The van der Waals surface area contributed by atoms with E-state index in [2.05, 4.69) is 9.72 Å². The number of benzene rings is 3. The molecule has 0 bridgehead atoms. The largest absolute Gasteiger partial charge is 0.573 e. The number of alkyl halides is 3. The van der Waals surface area contributed by atoms with Gasteiger partial charge in [0, 0.05) is 25.5 Å². The van der Waals surface area contributed by atoms with E-state index in [0.29, 0.717) is 16.7 Å². The minimum absolute atomic E-state index is 0.000106. The van der Waals surface area contributed by atoms with Gasteiger partial charge in [-0.25, -0.2) is 13.2 Å². The van der Waals surface area contributed by atoms with Crippen molar-refractivity contribution in [2.75, 3.05) is 6.61 Å². The van der Waals surface area contributed by atoms with Gasteiger partial charge in [-0.2, -0.15) is 4.31 Å². The lowest BCUT2D eigenvalue weighted by molar-refractivity contribution is -0.274. The molecule has 40 heavy (non-hydrogen) atoms. The van der Waals surface area contributed by atoms with E-state index in [-0.39, 0.29) is 24.6 Å². The molecule has 0 spiro atoms. The second-order valence-corrected chi connectivity index (χ2v) is 10.6. The van der Waals surface area contributed by atoms with Crippen LogP contribution in [-0.2, 0) is 27.8 Å². The fourth-order valence-corrected chi connectivity index (χ4v) is 5.32. The molecule has 0 N–H and O–H groups in total. The molecule has 0 unspecified atom stereocenters. The van der Waals surface area contributed by atoms with Gasteiger partial charge in [-0.1, -0.05) is 42.5 Å². The fraction of sp³-hybridized carbons (Fsp3) is 0.172. The quantitative estimate of drug-likeness (QED) is 0.211. The molecular weight excluding hydrogens is 545 g/mol. The zero-order valence-corrected chi connectivity index (χ0v) is 22.2. The standard InChI is InChI=1S/C29H25F3N2O5S/c1-2-38-28(35)25-11-9-24(10-12-25)23-7-5-21(6-8-23)19-34(20-22-4-3-17-33-18-22)40(36,37)27-15-13-26(14-16-27)39-29(30,31)32/h3-18H,2,19-20H2,1H3. The number of carbonyl (C=O) groups excluding carboxylic acids is 1. The Hall–Kier alpha value is -4.22. The van der Waals surface area contributed by atoms with Crippen molar-refractivity contribution in [1.82, 2.24) is 9.29 Å². The van der Waals surface area contributed by atoms with Crippen LogP contribution in [0.1, 0.15) is 28.4 Å². The first-order valence-electron chi connectivity index (χ1n) is 12.2. The molecule has 0 aliphatic carbocycles. The molecule has 7 nitrogen and oxygen atoms in total. The number of pyridine rings is 1. The molecule has 0 radical (unpaired) electrons. The van der Waals surface area contributed by atoms with Gasteiger partial charge in [-0.05, 0) is 71.6 Å². The van der Waals surface area contributed by atoms with Gasteiger partial charge in [0.05, 0.1) is 17.1 Å². The van der Waals surface area contributed by atoms with E-state index in [4.69, 9.17) is 4.74 Å². The summed E-state index contributed by atoms with van der Waals surface area (Å²) < 4.78 is 74.8. The summed E-state index contributed by atoms with van der Waals surface area (Å²) in [5.74, 6) is -0.919. The number of sulfonamides is 1. The van der Waals surface area contributed by atoms with Gasteiger partial charge in [0.15, 0.2) is 0 Å². The van der Waals surface area contributed by atoms with Gasteiger partial charge >= 0.3 is 12.3 Å². The SMILES string of the molecule is CCOC(=O)c1ccc(-c2ccc(CN(Cc3cccnc3)S(=O)(=O)c3ccc(OC(F)(F)F)cc3)cc2)cc1. The molecule has 0 aliphatic rings. The van der Waals surface area contributed by atoms with E-state index in [1.54, 1.807) is 67.8 Å². The van der Waals surface area contributed by atoms with Crippen molar-refractivity contribution < 1.29 is 35.9 Å². The topological polar surface area (TPSA) is 85.8 Å². The van der Waals surface area contributed by atoms with E-state index in [0.717, 1.165) is 35.4 Å². The van der Waals surface area contributed by atoms with Gasteiger partial charge < -0.3 is 9.47 Å². The minimum atomic E-state index is -4.89. The average Bonchev–Trinajstić information content (AvgIpc) is 2.93. The van der Waals surface area contributed by atoms with E-state index in [1.807, 2.05) is 12.1 Å².